The SMILES string of the molecule is Cn1ncc(C(=O)O)c1NS(=O)(=O)CCc1ccccc1. The van der Waals surface area contributed by atoms with Gasteiger partial charge in [0.1, 0.15) is 5.56 Å². The van der Waals surface area contributed by atoms with E-state index in [1.54, 1.807) is 0 Å². The molecule has 2 N–H and O–H groups in total. The molecule has 0 radical (unpaired) electrons. The van der Waals surface area contributed by atoms with Crippen molar-refractivity contribution in [2.45, 2.75) is 6.42 Å². The largest absolute Gasteiger partial charge is 0.477 e. The number of aromatic carboxylic acids is 1. The molecule has 0 aliphatic carbocycles. The summed E-state index contributed by atoms with van der Waals surface area (Å²) in [5, 5.41) is 12.7. The average molecular weight is 309 g/mol. The summed E-state index contributed by atoms with van der Waals surface area (Å²) in [5.41, 5.74) is 0.715. The first-order valence-electron chi connectivity index (χ1n) is 6.19. The van der Waals surface area contributed by atoms with E-state index in [9.17, 15) is 13.2 Å². The van der Waals surface area contributed by atoms with Crippen LogP contribution < -0.4 is 4.72 Å². The van der Waals surface area contributed by atoms with Gasteiger partial charge in [0.15, 0.2) is 5.82 Å². The molecular formula is C13H15N3O4S. The topological polar surface area (TPSA) is 101 Å². The minimum atomic E-state index is -3.66. The Morgan fingerprint density at radius 3 is 2.62 bits per heavy atom. The molecule has 2 rings (SSSR count). The first kappa shape index (κ1) is 15.0. The van der Waals surface area contributed by atoms with Gasteiger partial charge in [-0.3, -0.25) is 9.40 Å². The number of sulfonamides is 1. The fraction of sp³-hybridized carbons (Fsp3) is 0.231. The van der Waals surface area contributed by atoms with Crippen molar-refractivity contribution in [2.75, 3.05) is 10.5 Å². The van der Waals surface area contributed by atoms with Gasteiger partial charge in [-0.2, -0.15) is 5.10 Å². The molecule has 21 heavy (non-hydrogen) atoms. The van der Waals surface area contributed by atoms with Gasteiger partial charge in [0.05, 0.1) is 11.9 Å². The number of benzene rings is 1. The number of nitrogens with zero attached hydrogens (tertiary/aromatic N) is 2. The van der Waals surface area contributed by atoms with Gasteiger partial charge in [-0.05, 0) is 12.0 Å². The van der Waals surface area contributed by atoms with Crippen LogP contribution in [0.4, 0.5) is 5.82 Å². The third-order valence-corrected chi connectivity index (χ3v) is 4.17. The zero-order chi connectivity index (χ0) is 15.5. The lowest BCUT2D eigenvalue weighted by atomic mass is 10.2. The summed E-state index contributed by atoms with van der Waals surface area (Å²) in [7, 11) is -2.18. The lowest BCUT2D eigenvalue weighted by molar-refractivity contribution is 0.0698. The first-order valence-corrected chi connectivity index (χ1v) is 7.84. The molecule has 1 aromatic carbocycles. The van der Waals surface area contributed by atoms with Crippen LogP contribution in [0.25, 0.3) is 0 Å². The number of aromatic nitrogens is 2. The Labute approximate surface area is 122 Å². The highest BCUT2D eigenvalue weighted by Crippen LogP contribution is 2.16. The van der Waals surface area contributed by atoms with E-state index in [0.29, 0.717) is 6.42 Å². The maximum absolute atomic E-state index is 12.1. The Bertz CT molecular complexity index is 738. The standard InChI is InChI=1S/C13H15N3O4S/c1-16-12(11(9-14-16)13(17)18)15-21(19,20)8-7-10-5-3-2-4-6-10/h2-6,9,15H,7-8H2,1H3,(H,17,18). The predicted molar refractivity (Wildman–Crippen MR) is 77.7 cm³/mol. The van der Waals surface area contributed by atoms with Crippen LogP contribution in [0.5, 0.6) is 0 Å². The number of carbonyl (C=O) groups is 1. The third kappa shape index (κ3) is 3.82. The van der Waals surface area contributed by atoms with Crippen molar-refractivity contribution in [3.63, 3.8) is 0 Å². The average Bonchev–Trinajstić information content (AvgIpc) is 2.79. The molecule has 7 nitrogen and oxygen atoms in total. The van der Waals surface area contributed by atoms with Crippen molar-refractivity contribution < 1.29 is 18.3 Å². The molecule has 0 saturated carbocycles. The molecule has 0 saturated heterocycles. The Morgan fingerprint density at radius 1 is 1.33 bits per heavy atom. The molecule has 0 aliphatic heterocycles. The Hall–Kier alpha value is -2.35. The molecule has 0 bridgehead atoms. The zero-order valence-corrected chi connectivity index (χ0v) is 12.2. The van der Waals surface area contributed by atoms with Gasteiger partial charge < -0.3 is 5.11 Å². The second-order valence-corrected chi connectivity index (χ2v) is 6.33. The van der Waals surface area contributed by atoms with Crippen molar-refractivity contribution in [3.05, 3.63) is 47.7 Å². The molecule has 0 amide bonds. The molecule has 0 unspecified atom stereocenters. The number of carboxylic acids is 1. The fourth-order valence-electron chi connectivity index (χ4n) is 1.81. The number of hydrogen-bond acceptors (Lipinski definition) is 4. The van der Waals surface area contributed by atoms with Crippen molar-refractivity contribution in [3.8, 4) is 0 Å². The van der Waals surface area contributed by atoms with Crippen LogP contribution in [0.1, 0.15) is 15.9 Å². The van der Waals surface area contributed by atoms with Crippen molar-refractivity contribution in [2.24, 2.45) is 7.05 Å². The number of anilines is 1. The van der Waals surface area contributed by atoms with Gasteiger partial charge in [0.25, 0.3) is 0 Å². The number of rotatable bonds is 6. The summed E-state index contributed by atoms with van der Waals surface area (Å²) in [6.07, 6.45) is 1.45. The molecule has 112 valence electrons. The maximum atomic E-state index is 12.1. The molecule has 0 aliphatic rings. The number of aryl methyl sites for hydroxylation is 2. The molecule has 0 spiro atoms. The van der Waals surface area contributed by atoms with Crippen LogP contribution in [-0.2, 0) is 23.5 Å². The van der Waals surface area contributed by atoms with Crippen LogP contribution in [0.2, 0.25) is 0 Å². The highest BCUT2D eigenvalue weighted by Gasteiger charge is 2.20. The lowest BCUT2D eigenvalue weighted by Gasteiger charge is -2.09. The predicted octanol–water partition coefficient (Wildman–Crippen LogP) is 1.10. The monoisotopic (exact) mass is 309 g/mol. The van der Waals surface area contributed by atoms with Gasteiger partial charge in [-0.25, -0.2) is 13.2 Å². The Morgan fingerprint density at radius 2 is 2.00 bits per heavy atom. The van der Waals surface area contributed by atoms with E-state index < -0.39 is 16.0 Å². The third-order valence-electron chi connectivity index (χ3n) is 2.92. The second kappa shape index (κ2) is 5.96. The summed E-state index contributed by atoms with van der Waals surface area (Å²) in [5.74, 6) is -1.42. The summed E-state index contributed by atoms with van der Waals surface area (Å²) in [6.45, 7) is 0. The van der Waals surface area contributed by atoms with E-state index in [1.165, 1.54) is 11.7 Å². The van der Waals surface area contributed by atoms with Crippen molar-refractivity contribution in [1.29, 1.82) is 0 Å². The minimum Gasteiger partial charge on any atom is -0.477 e. The van der Waals surface area contributed by atoms with Gasteiger partial charge in [0, 0.05) is 7.05 Å². The summed E-state index contributed by atoms with van der Waals surface area (Å²) in [6, 6.07) is 9.19. The highest BCUT2D eigenvalue weighted by atomic mass is 32.2. The fourth-order valence-corrected chi connectivity index (χ4v) is 2.95. The Balaban J connectivity index is 2.11. The molecule has 0 fully saturated rings. The van der Waals surface area contributed by atoms with Crippen LogP contribution in [0, 0.1) is 0 Å². The van der Waals surface area contributed by atoms with Gasteiger partial charge in [-0.15, -0.1) is 0 Å². The normalized spacial score (nSPS) is 11.3. The molecule has 1 aromatic heterocycles. The molecule has 0 atom stereocenters. The van der Waals surface area contributed by atoms with E-state index >= 15 is 0 Å². The summed E-state index contributed by atoms with van der Waals surface area (Å²) in [4.78, 5) is 11.0. The second-order valence-electron chi connectivity index (χ2n) is 4.49. The van der Waals surface area contributed by atoms with Gasteiger partial charge in [-0.1, -0.05) is 30.3 Å². The molecule has 1 heterocycles. The van der Waals surface area contributed by atoms with Crippen LogP contribution in [0.15, 0.2) is 36.5 Å². The van der Waals surface area contributed by atoms with E-state index in [1.807, 2.05) is 30.3 Å². The molecular weight excluding hydrogens is 294 g/mol. The molecule has 8 heteroatoms. The quantitative estimate of drug-likeness (QED) is 0.832. The van der Waals surface area contributed by atoms with Crippen LogP contribution in [0.3, 0.4) is 0 Å². The van der Waals surface area contributed by atoms with Crippen molar-refractivity contribution >= 4 is 21.8 Å². The van der Waals surface area contributed by atoms with Crippen LogP contribution in [-0.4, -0.2) is 35.0 Å². The minimum absolute atomic E-state index is 0.0458. The van der Waals surface area contributed by atoms with Gasteiger partial charge in [0.2, 0.25) is 10.0 Å². The number of carboxylic acid groups (broad SMARTS) is 1. The summed E-state index contributed by atoms with van der Waals surface area (Å²) >= 11 is 0. The van der Waals surface area contributed by atoms with E-state index in [4.69, 9.17) is 5.11 Å². The van der Waals surface area contributed by atoms with E-state index in [0.717, 1.165) is 11.8 Å². The maximum Gasteiger partial charge on any atom is 0.341 e. The smallest absolute Gasteiger partial charge is 0.341 e. The number of nitrogens with one attached hydrogen (secondary N) is 1. The highest BCUT2D eigenvalue weighted by molar-refractivity contribution is 7.92. The lowest BCUT2D eigenvalue weighted by Crippen LogP contribution is -2.21. The van der Waals surface area contributed by atoms with Crippen molar-refractivity contribution in [1.82, 2.24) is 9.78 Å². The van der Waals surface area contributed by atoms with Gasteiger partial charge >= 0.3 is 5.97 Å². The van der Waals surface area contributed by atoms with E-state index in [-0.39, 0.29) is 17.1 Å². The zero-order valence-electron chi connectivity index (χ0n) is 11.4. The molecule has 2 aromatic rings. The van der Waals surface area contributed by atoms with E-state index in [2.05, 4.69) is 9.82 Å². The first-order chi connectivity index (χ1) is 9.89. The Kier molecular flexibility index (Phi) is 4.27. The van der Waals surface area contributed by atoms with Crippen LogP contribution >= 0.6 is 0 Å². The summed E-state index contributed by atoms with van der Waals surface area (Å²) < 4.78 is 27.6. The number of hydrogen-bond donors (Lipinski definition) is 2.